The lowest BCUT2D eigenvalue weighted by Crippen LogP contribution is -2.26. The van der Waals surface area contributed by atoms with Crippen LogP contribution in [0.3, 0.4) is 0 Å². The highest BCUT2D eigenvalue weighted by atomic mass is 16.7. The highest BCUT2D eigenvalue weighted by molar-refractivity contribution is 6.45. The first-order valence-electron chi connectivity index (χ1n) is 15.1. The molecule has 250 valence electrons. The number of nitrogens with zero attached hydrogens (tertiary/aromatic N) is 3. The summed E-state index contributed by atoms with van der Waals surface area (Å²) in [6.45, 7) is 5.53. The van der Waals surface area contributed by atoms with Crippen molar-refractivity contribution in [3.63, 3.8) is 0 Å². The lowest BCUT2D eigenvalue weighted by molar-refractivity contribution is -0.132. The summed E-state index contributed by atoms with van der Waals surface area (Å²) in [6, 6.07) is 30.8. The zero-order valence-corrected chi connectivity index (χ0v) is 27.7. The lowest BCUT2D eigenvalue weighted by Gasteiger charge is -2.17. The molecule has 5 rings (SSSR count). The molecule has 0 aromatic heterocycles. The second kappa shape index (κ2) is 18.3. The predicted molar refractivity (Wildman–Crippen MR) is 182 cm³/mol. The van der Waals surface area contributed by atoms with E-state index in [1.807, 2.05) is 105 Å². The molecule has 0 unspecified atom stereocenters. The van der Waals surface area contributed by atoms with E-state index in [-0.39, 0.29) is 5.71 Å². The van der Waals surface area contributed by atoms with Gasteiger partial charge in [-0.15, -0.1) is 0 Å². The van der Waals surface area contributed by atoms with Crippen molar-refractivity contribution in [1.29, 1.82) is 0 Å². The Bertz CT molecular complexity index is 1750. The molecule has 0 bridgehead atoms. The normalized spacial score (nSPS) is 12.6. The highest BCUT2D eigenvalue weighted by Gasteiger charge is 2.22. The number of carbonyl (C=O) groups excluding carboxylic acids is 1. The molecule has 0 atom stereocenters. The summed E-state index contributed by atoms with van der Waals surface area (Å²) >= 11 is 0. The van der Waals surface area contributed by atoms with E-state index in [4.69, 9.17) is 33.5 Å². The summed E-state index contributed by atoms with van der Waals surface area (Å²) < 4.78 is 22.2. The average Bonchev–Trinajstić information content (AvgIpc) is 3.13. The second-order valence-electron chi connectivity index (χ2n) is 10.2. The number of para-hydroxylation sites is 2. The van der Waals surface area contributed by atoms with E-state index in [2.05, 4.69) is 15.5 Å². The van der Waals surface area contributed by atoms with Gasteiger partial charge < -0.3 is 33.5 Å². The number of aryl methyl sites for hydroxylation is 2. The lowest BCUT2D eigenvalue weighted by atomic mass is 10.0. The van der Waals surface area contributed by atoms with Gasteiger partial charge in [-0.1, -0.05) is 95.2 Å². The molecule has 1 heterocycles. The fourth-order valence-electron chi connectivity index (χ4n) is 4.60. The zero-order valence-electron chi connectivity index (χ0n) is 27.7. The van der Waals surface area contributed by atoms with Gasteiger partial charge in [0.2, 0.25) is 0 Å². The molecule has 1 aliphatic heterocycles. The summed E-state index contributed by atoms with van der Waals surface area (Å²) in [4.78, 5) is 26.8. The molecule has 4 aromatic rings. The molecule has 0 aliphatic carbocycles. The molecule has 0 fully saturated rings. The predicted octanol–water partition coefficient (Wildman–Crippen LogP) is 6.38. The Balaban J connectivity index is 0.000000218. The van der Waals surface area contributed by atoms with Gasteiger partial charge in [0.15, 0.2) is 18.0 Å². The number of oxime groups is 3. The third kappa shape index (κ3) is 9.58. The molecule has 0 saturated carbocycles. The minimum atomic E-state index is -0.560. The highest BCUT2D eigenvalue weighted by Crippen LogP contribution is 2.22. The molecule has 0 radical (unpaired) electrons. The maximum absolute atomic E-state index is 11.9. The summed E-state index contributed by atoms with van der Waals surface area (Å²) in [6.07, 6.45) is 0. The van der Waals surface area contributed by atoms with Gasteiger partial charge >= 0.3 is 5.97 Å². The first kappa shape index (κ1) is 35.0. The van der Waals surface area contributed by atoms with Crippen LogP contribution in [0.25, 0.3) is 0 Å². The van der Waals surface area contributed by atoms with E-state index in [0.29, 0.717) is 43.6 Å². The van der Waals surface area contributed by atoms with E-state index in [1.165, 1.54) is 21.3 Å². The van der Waals surface area contributed by atoms with Crippen molar-refractivity contribution in [2.24, 2.45) is 15.5 Å². The molecule has 11 heteroatoms. The standard InChI is InChI=1S/C19H20N2O4.C18H19NO4/c1-14-7-3-6-10-17(14)24-13-15-8-4-5-9-16(15)18(20-22-2)19-21-25-12-11-23-19;1-13-8-4-7-11-16(13)23-12-14-9-5-6-10-15(14)17(19-22-3)18(20)21-2/h3-10H,11-13H2,1-2H3;4-11H,12H2,1-3H3/b20-18+;19-17+. The largest absolute Gasteiger partial charge is 0.489 e. The number of hydrogen-bond donors (Lipinski definition) is 0. The Kier molecular flexibility index (Phi) is 13.4. The van der Waals surface area contributed by atoms with Crippen LogP contribution in [0.4, 0.5) is 0 Å². The van der Waals surface area contributed by atoms with Crippen molar-refractivity contribution in [3.8, 4) is 11.5 Å². The van der Waals surface area contributed by atoms with E-state index in [1.54, 1.807) is 6.07 Å². The summed E-state index contributed by atoms with van der Waals surface area (Å²) in [5.41, 5.74) is 5.92. The number of ether oxygens (including phenoxy) is 4. The Morgan fingerprint density at radius 1 is 0.688 bits per heavy atom. The fourth-order valence-corrected chi connectivity index (χ4v) is 4.60. The monoisotopic (exact) mass is 653 g/mol. The van der Waals surface area contributed by atoms with E-state index < -0.39 is 5.97 Å². The number of benzene rings is 4. The van der Waals surface area contributed by atoms with Gasteiger partial charge in [0.05, 0.1) is 7.11 Å². The molecule has 4 aromatic carbocycles. The Morgan fingerprint density at radius 2 is 1.21 bits per heavy atom. The van der Waals surface area contributed by atoms with Crippen molar-refractivity contribution in [3.05, 3.63) is 130 Å². The van der Waals surface area contributed by atoms with Gasteiger partial charge in [0.25, 0.3) is 5.90 Å². The number of hydrogen-bond acceptors (Lipinski definition) is 11. The van der Waals surface area contributed by atoms with Gasteiger partial charge in [-0.25, -0.2) is 4.79 Å². The SMILES string of the molecule is CO/N=C(/C(=O)OC)c1ccccc1COc1ccccc1C.CO/N=C(/C1=NOCCO1)c1ccccc1COc1ccccc1C. The molecule has 11 nitrogen and oxygen atoms in total. The van der Waals surface area contributed by atoms with Crippen LogP contribution in [0, 0.1) is 13.8 Å². The molecule has 0 saturated heterocycles. The maximum Gasteiger partial charge on any atom is 0.360 e. The average molecular weight is 654 g/mol. The third-order valence-corrected chi connectivity index (χ3v) is 7.01. The van der Waals surface area contributed by atoms with E-state index in [9.17, 15) is 4.79 Å². The van der Waals surface area contributed by atoms with E-state index >= 15 is 0 Å². The first-order valence-corrected chi connectivity index (χ1v) is 15.1. The van der Waals surface area contributed by atoms with Crippen LogP contribution in [-0.2, 0) is 42.0 Å². The van der Waals surface area contributed by atoms with Crippen molar-refractivity contribution in [1.82, 2.24) is 0 Å². The Morgan fingerprint density at radius 3 is 1.73 bits per heavy atom. The van der Waals surface area contributed by atoms with Gasteiger partial charge in [-0.05, 0) is 53.4 Å². The summed E-state index contributed by atoms with van der Waals surface area (Å²) in [5.74, 6) is 1.38. The number of rotatable bonds is 12. The molecule has 1 aliphatic rings. The van der Waals surface area contributed by atoms with Crippen molar-refractivity contribution in [2.75, 3.05) is 34.5 Å². The smallest absolute Gasteiger partial charge is 0.360 e. The quantitative estimate of drug-likeness (QED) is 0.0982. The van der Waals surface area contributed by atoms with E-state index in [0.717, 1.165) is 39.3 Å². The summed E-state index contributed by atoms with van der Waals surface area (Å²) in [5, 5.41) is 11.8. The molecule has 0 amide bonds. The van der Waals surface area contributed by atoms with Crippen LogP contribution in [-0.4, -0.2) is 57.8 Å². The third-order valence-electron chi connectivity index (χ3n) is 7.01. The molecule has 0 spiro atoms. The van der Waals surface area contributed by atoms with Gasteiger partial charge in [-0.2, -0.15) is 0 Å². The van der Waals surface area contributed by atoms with Gasteiger partial charge in [0, 0.05) is 11.1 Å². The van der Waals surface area contributed by atoms with Crippen LogP contribution in [0.15, 0.2) is 113 Å². The van der Waals surface area contributed by atoms with Gasteiger partial charge in [0.1, 0.15) is 45.5 Å². The van der Waals surface area contributed by atoms with Gasteiger partial charge in [-0.3, -0.25) is 0 Å². The van der Waals surface area contributed by atoms with Crippen molar-refractivity contribution < 1.29 is 38.3 Å². The Hall–Kier alpha value is -5.84. The van der Waals surface area contributed by atoms with Crippen LogP contribution >= 0.6 is 0 Å². The second-order valence-corrected chi connectivity index (χ2v) is 10.2. The number of esters is 1. The first-order chi connectivity index (χ1) is 23.5. The molecular formula is C37H39N3O8. The minimum absolute atomic E-state index is 0.110. The molecule has 48 heavy (non-hydrogen) atoms. The zero-order chi connectivity index (χ0) is 34.1. The minimum Gasteiger partial charge on any atom is -0.489 e. The number of methoxy groups -OCH3 is 1. The van der Waals surface area contributed by atoms with Crippen LogP contribution < -0.4 is 9.47 Å². The Labute approximate surface area is 280 Å². The number of carbonyl (C=O) groups is 1. The van der Waals surface area contributed by atoms with Crippen LogP contribution in [0.2, 0.25) is 0 Å². The molecule has 0 N–H and O–H groups in total. The van der Waals surface area contributed by atoms with Crippen LogP contribution in [0.5, 0.6) is 11.5 Å². The fraction of sp³-hybridized carbons (Fsp3) is 0.243. The van der Waals surface area contributed by atoms with Crippen molar-refractivity contribution >= 4 is 23.3 Å². The summed E-state index contributed by atoms with van der Waals surface area (Å²) in [7, 11) is 4.17. The topological polar surface area (TPSA) is 119 Å². The maximum atomic E-state index is 11.9. The van der Waals surface area contributed by atoms with Crippen molar-refractivity contribution in [2.45, 2.75) is 27.1 Å². The van der Waals surface area contributed by atoms with Crippen LogP contribution in [0.1, 0.15) is 33.4 Å². The molecular weight excluding hydrogens is 614 g/mol.